The van der Waals surface area contributed by atoms with Crippen LogP contribution in [-0.4, -0.2) is 63.1 Å². The standard InChI is InChI=1S/C28H24N6O/c1-31-15-28(16-31)17-33(18-28)27(35)21-6-7-24-23(10-21)14-32-13-22(20-4-2-19(12-29)3-5-20)11-25(32)26-30-8-9-34(24)26/h2-11,13H,14-18H2,1H3. The Bertz CT molecular complexity index is 1520. The van der Waals surface area contributed by atoms with Crippen molar-refractivity contribution < 1.29 is 4.79 Å². The van der Waals surface area contributed by atoms with Gasteiger partial charge in [-0.1, -0.05) is 12.1 Å². The van der Waals surface area contributed by atoms with Crippen LogP contribution >= 0.6 is 0 Å². The summed E-state index contributed by atoms with van der Waals surface area (Å²) in [4.78, 5) is 22.2. The average molecular weight is 461 g/mol. The molecule has 2 saturated heterocycles. The van der Waals surface area contributed by atoms with E-state index in [9.17, 15) is 4.79 Å². The molecule has 0 aliphatic carbocycles. The van der Waals surface area contributed by atoms with E-state index in [4.69, 9.17) is 5.26 Å². The van der Waals surface area contributed by atoms with Crippen LogP contribution in [0.15, 0.2) is 67.1 Å². The first kappa shape index (κ1) is 20.2. The van der Waals surface area contributed by atoms with Gasteiger partial charge in [-0.25, -0.2) is 4.98 Å². The first-order valence-electron chi connectivity index (χ1n) is 11.9. The molecule has 172 valence electrons. The summed E-state index contributed by atoms with van der Waals surface area (Å²) in [5.41, 5.74) is 7.02. The van der Waals surface area contributed by atoms with E-state index < -0.39 is 0 Å². The van der Waals surface area contributed by atoms with Gasteiger partial charge >= 0.3 is 0 Å². The van der Waals surface area contributed by atoms with Gasteiger partial charge in [0.1, 0.15) is 0 Å². The SMILES string of the molecule is CN1CC2(C1)CN(C(=O)c1ccc3c(c1)Cn1cc(-c4ccc(C#N)cc4)cc1-c1nccn1-3)C2. The number of fused-ring (bicyclic) bond motifs is 5. The van der Waals surface area contributed by atoms with Gasteiger partial charge in [0.25, 0.3) is 5.91 Å². The Balaban J connectivity index is 1.23. The lowest BCUT2D eigenvalue weighted by atomic mass is 9.73. The van der Waals surface area contributed by atoms with Gasteiger partial charge in [-0.05, 0) is 54.6 Å². The molecule has 7 rings (SSSR count). The van der Waals surface area contributed by atoms with E-state index in [0.717, 1.165) is 65.6 Å². The molecule has 3 aliphatic heterocycles. The van der Waals surface area contributed by atoms with Crippen molar-refractivity contribution in [1.82, 2.24) is 23.9 Å². The van der Waals surface area contributed by atoms with Crippen LogP contribution in [0.2, 0.25) is 0 Å². The Hall–Kier alpha value is -4.15. The summed E-state index contributed by atoms with van der Waals surface area (Å²) in [6.45, 7) is 4.54. The van der Waals surface area contributed by atoms with Crippen molar-refractivity contribution in [1.29, 1.82) is 5.26 Å². The lowest BCUT2D eigenvalue weighted by molar-refractivity contribution is -0.0872. The molecule has 5 heterocycles. The van der Waals surface area contributed by atoms with Crippen LogP contribution in [0.4, 0.5) is 0 Å². The maximum absolute atomic E-state index is 13.3. The van der Waals surface area contributed by atoms with Gasteiger partial charge in [-0.3, -0.25) is 9.36 Å². The fourth-order valence-corrected chi connectivity index (χ4v) is 6.06. The Kier molecular flexibility index (Phi) is 4.15. The zero-order valence-corrected chi connectivity index (χ0v) is 19.5. The zero-order valence-electron chi connectivity index (χ0n) is 19.5. The highest BCUT2D eigenvalue weighted by Gasteiger charge is 2.51. The first-order chi connectivity index (χ1) is 17.0. The Morgan fingerprint density at radius 3 is 2.57 bits per heavy atom. The molecule has 2 aromatic heterocycles. The largest absolute Gasteiger partial charge is 0.340 e. The predicted molar refractivity (Wildman–Crippen MR) is 132 cm³/mol. The number of hydrogen-bond acceptors (Lipinski definition) is 4. The van der Waals surface area contributed by atoms with E-state index >= 15 is 0 Å². The average Bonchev–Trinajstić information content (AvgIpc) is 3.45. The number of hydrogen-bond donors (Lipinski definition) is 0. The number of aromatic nitrogens is 3. The Labute approximate surface area is 203 Å². The van der Waals surface area contributed by atoms with E-state index in [0.29, 0.717) is 17.5 Å². The molecule has 4 aromatic rings. The number of carbonyl (C=O) groups excluding carboxylic acids is 1. The van der Waals surface area contributed by atoms with Crippen molar-refractivity contribution in [3.63, 3.8) is 0 Å². The van der Waals surface area contributed by atoms with Crippen LogP contribution in [-0.2, 0) is 6.54 Å². The zero-order chi connectivity index (χ0) is 23.7. The van der Waals surface area contributed by atoms with Crippen molar-refractivity contribution in [2.75, 3.05) is 33.2 Å². The summed E-state index contributed by atoms with van der Waals surface area (Å²) in [6.07, 6.45) is 5.93. The summed E-state index contributed by atoms with van der Waals surface area (Å²) in [7, 11) is 2.13. The third-order valence-electron chi connectivity index (χ3n) is 7.59. The van der Waals surface area contributed by atoms with Crippen LogP contribution in [0.3, 0.4) is 0 Å². The molecule has 1 amide bonds. The molecule has 0 saturated carbocycles. The topological polar surface area (TPSA) is 70.1 Å². The molecule has 0 bridgehead atoms. The second kappa shape index (κ2) is 7.17. The number of carbonyl (C=O) groups is 1. The molecule has 35 heavy (non-hydrogen) atoms. The molecule has 7 heteroatoms. The molecule has 2 aromatic carbocycles. The molecular weight excluding hydrogens is 436 g/mol. The highest BCUT2D eigenvalue weighted by molar-refractivity contribution is 5.95. The number of amides is 1. The van der Waals surface area contributed by atoms with Gasteiger partial charge in [0.2, 0.25) is 0 Å². The molecule has 7 nitrogen and oxygen atoms in total. The van der Waals surface area contributed by atoms with E-state index in [1.54, 1.807) is 0 Å². The van der Waals surface area contributed by atoms with Gasteiger partial charge in [-0.2, -0.15) is 5.26 Å². The molecule has 1 spiro atoms. The number of likely N-dealkylation sites (tertiary alicyclic amines) is 2. The minimum atomic E-state index is 0.120. The fourth-order valence-electron chi connectivity index (χ4n) is 6.06. The van der Waals surface area contributed by atoms with Gasteiger partial charge in [0.05, 0.1) is 23.0 Å². The van der Waals surface area contributed by atoms with Crippen LogP contribution in [0.25, 0.3) is 28.3 Å². The maximum Gasteiger partial charge on any atom is 0.253 e. The number of benzene rings is 2. The third-order valence-corrected chi connectivity index (χ3v) is 7.59. The minimum absolute atomic E-state index is 0.120. The number of nitrogens with zero attached hydrogens (tertiary/aromatic N) is 6. The third kappa shape index (κ3) is 3.07. The summed E-state index contributed by atoms with van der Waals surface area (Å²) in [5, 5.41) is 9.11. The summed E-state index contributed by atoms with van der Waals surface area (Å²) in [6, 6.07) is 18.0. The normalized spacial score (nSPS) is 17.4. The van der Waals surface area contributed by atoms with Crippen LogP contribution in [0.5, 0.6) is 0 Å². The molecule has 2 fully saturated rings. The smallest absolute Gasteiger partial charge is 0.253 e. The predicted octanol–water partition coefficient (Wildman–Crippen LogP) is 3.63. The second-order valence-corrected chi connectivity index (χ2v) is 10.2. The summed E-state index contributed by atoms with van der Waals surface area (Å²) in [5.74, 6) is 0.996. The van der Waals surface area contributed by atoms with Crippen molar-refractivity contribution >= 4 is 5.91 Å². The molecular formula is C28H24N6O. The lowest BCUT2D eigenvalue weighted by Crippen LogP contribution is -2.72. The monoisotopic (exact) mass is 460 g/mol. The summed E-state index contributed by atoms with van der Waals surface area (Å²) >= 11 is 0. The molecule has 3 aliphatic rings. The highest BCUT2D eigenvalue weighted by Crippen LogP contribution is 2.40. The highest BCUT2D eigenvalue weighted by atomic mass is 16.2. The van der Waals surface area contributed by atoms with Crippen molar-refractivity contribution in [2.45, 2.75) is 6.54 Å². The van der Waals surface area contributed by atoms with E-state index in [-0.39, 0.29) is 5.91 Å². The van der Waals surface area contributed by atoms with Crippen molar-refractivity contribution in [3.05, 3.63) is 83.8 Å². The van der Waals surface area contributed by atoms with Gasteiger partial charge in [-0.15, -0.1) is 0 Å². The fraction of sp³-hybridized carbons (Fsp3) is 0.250. The van der Waals surface area contributed by atoms with Crippen LogP contribution in [0, 0.1) is 16.7 Å². The Morgan fingerprint density at radius 1 is 1.03 bits per heavy atom. The molecule has 0 unspecified atom stereocenters. The minimum Gasteiger partial charge on any atom is -0.340 e. The van der Waals surface area contributed by atoms with E-state index in [1.807, 2.05) is 53.7 Å². The van der Waals surface area contributed by atoms with Crippen LogP contribution in [0.1, 0.15) is 21.5 Å². The first-order valence-corrected chi connectivity index (χ1v) is 11.9. The van der Waals surface area contributed by atoms with Crippen molar-refractivity contribution in [2.24, 2.45) is 5.41 Å². The molecule has 0 N–H and O–H groups in total. The Morgan fingerprint density at radius 2 is 1.83 bits per heavy atom. The number of imidazole rings is 1. The summed E-state index contributed by atoms with van der Waals surface area (Å²) < 4.78 is 4.31. The van der Waals surface area contributed by atoms with Gasteiger partial charge in [0, 0.05) is 67.9 Å². The molecule has 0 radical (unpaired) electrons. The van der Waals surface area contributed by atoms with Crippen LogP contribution < -0.4 is 0 Å². The van der Waals surface area contributed by atoms with Gasteiger partial charge < -0.3 is 14.4 Å². The van der Waals surface area contributed by atoms with Crippen molar-refractivity contribution in [3.8, 4) is 34.4 Å². The number of rotatable bonds is 2. The van der Waals surface area contributed by atoms with Gasteiger partial charge in [0.15, 0.2) is 5.82 Å². The quantitative estimate of drug-likeness (QED) is 0.403. The molecule has 0 atom stereocenters. The second-order valence-electron chi connectivity index (χ2n) is 10.2. The lowest BCUT2D eigenvalue weighted by Gasteiger charge is -2.59. The number of nitriles is 1. The van der Waals surface area contributed by atoms with E-state index in [2.05, 4.69) is 50.5 Å². The van der Waals surface area contributed by atoms with E-state index in [1.165, 1.54) is 0 Å². The maximum atomic E-state index is 13.3.